The average molecular weight is 318 g/mol. The summed E-state index contributed by atoms with van der Waals surface area (Å²) in [7, 11) is 0. The lowest BCUT2D eigenvalue weighted by atomic mass is 10.0. The molecule has 1 unspecified atom stereocenters. The van der Waals surface area contributed by atoms with Crippen LogP contribution in [0.3, 0.4) is 0 Å². The zero-order chi connectivity index (χ0) is 16.4. The maximum Gasteiger partial charge on any atom is 0.321 e. The first-order valence-electron chi connectivity index (χ1n) is 7.17. The number of piperazine rings is 1. The van der Waals surface area contributed by atoms with E-state index in [4.69, 9.17) is 0 Å². The van der Waals surface area contributed by atoms with Gasteiger partial charge in [-0.2, -0.15) is 0 Å². The first kappa shape index (κ1) is 15.2. The minimum atomic E-state index is -0.585. The second-order valence-electron chi connectivity index (χ2n) is 5.29. The molecule has 2 N–H and O–H groups in total. The van der Waals surface area contributed by atoms with Crippen molar-refractivity contribution in [2.45, 2.75) is 6.04 Å². The Hall–Kier alpha value is -2.74. The van der Waals surface area contributed by atoms with Crippen molar-refractivity contribution in [3.8, 4) is 0 Å². The van der Waals surface area contributed by atoms with Crippen LogP contribution >= 0.6 is 0 Å². The van der Waals surface area contributed by atoms with Gasteiger partial charge < -0.3 is 20.3 Å². The van der Waals surface area contributed by atoms with E-state index in [0.29, 0.717) is 25.2 Å². The number of carbonyl (C=O) groups is 1. The van der Waals surface area contributed by atoms with Crippen molar-refractivity contribution in [1.82, 2.24) is 15.2 Å². The number of nitrogens with zero attached hydrogens (tertiary/aromatic N) is 2. The van der Waals surface area contributed by atoms with Crippen LogP contribution < -0.4 is 5.32 Å². The number of hydrogen-bond donors (Lipinski definition) is 2. The van der Waals surface area contributed by atoms with E-state index in [-0.39, 0.29) is 29.3 Å². The fourth-order valence-corrected chi connectivity index (χ4v) is 2.73. The Balaban J connectivity index is 1.88. The maximum atomic E-state index is 13.5. The van der Waals surface area contributed by atoms with Crippen LogP contribution in [0.4, 0.5) is 10.2 Å². The van der Waals surface area contributed by atoms with Crippen molar-refractivity contribution >= 4 is 11.7 Å². The van der Waals surface area contributed by atoms with E-state index in [1.807, 2.05) is 0 Å². The van der Waals surface area contributed by atoms with Crippen molar-refractivity contribution < 1.29 is 14.1 Å². The summed E-state index contributed by atoms with van der Waals surface area (Å²) in [5.74, 6) is -0.935. The molecule has 1 amide bonds. The number of benzene rings is 1. The van der Waals surface area contributed by atoms with Gasteiger partial charge in [-0.05, 0) is 28.7 Å². The van der Waals surface area contributed by atoms with Crippen molar-refractivity contribution in [2.24, 2.45) is 0 Å². The molecule has 120 valence electrons. The molecule has 2 heterocycles. The summed E-state index contributed by atoms with van der Waals surface area (Å²) >= 11 is 0. The van der Waals surface area contributed by atoms with Gasteiger partial charge in [-0.1, -0.05) is 12.1 Å². The van der Waals surface area contributed by atoms with E-state index in [0.717, 1.165) is 0 Å². The van der Waals surface area contributed by atoms with Gasteiger partial charge in [-0.15, -0.1) is 0 Å². The predicted octanol–water partition coefficient (Wildman–Crippen LogP) is 1.85. The smallest absolute Gasteiger partial charge is 0.321 e. The number of carbonyl (C=O) groups excluding carboxylic acids is 1. The molecule has 8 heteroatoms. The fourth-order valence-electron chi connectivity index (χ4n) is 2.73. The van der Waals surface area contributed by atoms with Crippen LogP contribution in [-0.2, 0) is 0 Å². The summed E-state index contributed by atoms with van der Waals surface area (Å²) in [4.78, 5) is 26.9. The Morgan fingerprint density at radius 3 is 2.87 bits per heavy atom. The molecular weight excluding hydrogens is 303 g/mol. The van der Waals surface area contributed by atoms with E-state index in [1.54, 1.807) is 17.0 Å². The first-order chi connectivity index (χ1) is 11.1. The summed E-state index contributed by atoms with van der Waals surface area (Å²) in [5, 5.41) is 13.9. The number of aromatic amines is 1. The molecule has 2 aromatic rings. The zero-order valence-corrected chi connectivity index (χ0v) is 12.2. The molecule has 0 aliphatic carbocycles. The van der Waals surface area contributed by atoms with Crippen LogP contribution in [0.25, 0.3) is 0 Å². The highest BCUT2D eigenvalue weighted by Gasteiger charge is 2.31. The van der Waals surface area contributed by atoms with E-state index in [9.17, 15) is 19.3 Å². The number of H-pyrrole nitrogens is 1. The van der Waals surface area contributed by atoms with E-state index in [2.05, 4.69) is 10.3 Å². The monoisotopic (exact) mass is 318 g/mol. The van der Waals surface area contributed by atoms with Crippen molar-refractivity contribution in [2.75, 3.05) is 19.6 Å². The van der Waals surface area contributed by atoms with E-state index in [1.165, 1.54) is 24.3 Å². The molecule has 1 saturated heterocycles. The highest BCUT2D eigenvalue weighted by molar-refractivity contribution is 5.93. The number of aromatic nitrogens is 1. The van der Waals surface area contributed by atoms with Crippen molar-refractivity contribution in [3.05, 3.63) is 63.6 Å². The molecule has 1 aliphatic heterocycles. The van der Waals surface area contributed by atoms with Crippen LogP contribution in [0, 0.1) is 15.9 Å². The second-order valence-corrected chi connectivity index (χ2v) is 5.29. The molecule has 7 nitrogen and oxygen atoms in total. The SMILES string of the molecule is O=C(c1ccc([N+](=O)[O-])[nH]1)N1CCNCC1c1cccc(F)c1. The third-order valence-corrected chi connectivity index (χ3v) is 3.84. The second kappa shape index (κ2) is 6.17. The van der Waals surface area contributed by atoms with Crippen molar-refractivity contribution in [3.63, 3.8) is 0 Å². The van der Waals surface area contributed by atoms with Crippen molar-refractivity contribution in [1.29, 1.82) is 0 Å². The molecule has 0 spiro atoms. The Morgan fingerprint density at radius 2 is 2.17 bits per heavy atom. The summed E-state index contributed by atoms with van der Waals surface area (Å²) < 4.78 is 13.5. The van der Waals surface area contributed by atoms with Gasteiger partial charge in [-0.25, -0.2) is 9.37 Å². The number of nitrogens with one attached hydrogen (secondary N) is 2. The number of rotatable bonds is 3. The minimum Gasteiger partial charge on any atom is -0.358 e. The molecule has 1 fully saturated rings. The van der Waals surface area contributed by atoms with Crippen LogP contribution in [0.5, 0.6) is 0 Å². The fraction of sp³-hybridized carbons (Fsp3) is 0.267. The normalized spacial score (nSPS) is 18.0. The van der Waals surface area contributed by atoms with Gasteiger partial charge in [0.1, 0.15) is 5.82 Å². The average Bonchev–Trinajstić information content (AvgIpc) is 3.04. The quantitative estimate of drug-likeness (QED) is 0.667. The van der Waals surface area contributed by atoms with E-state index < -0.39 is 4.92 Å². The summed E-state index contributed by atoms with van der Waals surface area (Å²) in [5.41, 5.74) is 0.839. The lowest BCUT2D eigenvalue weighted by Gasteiger charge is -2.35. The van der Waals surface area contributed by atoms with Gasteiger partial charge in [0, 0.05) is 25.7 Å². The highest BCUT2D eigenvalue weighted by atomic mass is 19.1. The van der Waals surface area contributed by atoms with E-state index >= 15 is 0 Å². The third-order valence-electron chi connectivity index (χ3n) is 3.84. The van der Waals surface area contributed by atoms with Gasteiger partial charge in [0.15, 0.2) is 5.69 Å². The zero-order valence-electron chi connectivity index (χ0n) is 12.2. The van der Waals surface area contributed by atoms with Gasteiger partial charge in [0.25, 0.3) is 5.91 Å². The highest BCUT2D eigenvalue weighted by Crippen LogP contribution is 2.25. The largest absolute Gasteiger partial charge is 0.358 e. The summed E-state index contributed by atoms with van der Waals surface area (Å²) in [6.45, 7) is 1.55. The number of halogens is 1. The number of hydrogen-bond acceptors (Lipinski definition) is 4. The Labute approximate surface area is 131 Å². The standard InChI is InChI=1S/C15H15FN4O3/c16-11-3-1-2-10(8-11)13-9-17-6-7-19(13)15(21)12-4-5-14(18-12)20(22)23/h1-5,8,13,17-18H,6-7,9H2. The minimum absolute atomic E-state index is 0.153. The predicted molar refractivity (Wildman–Crippen MR) is 80.5 cm³/mol. The molecule has 1 atom stereocenters. The molecule has 0 saturated carbocycles. The van der Waals surface area contributed by atoms with Crippen LogP contribution in [-0.4, -0.2) is 40.3 Å². The number of amides is 1. The van der Waals surface area contributed by atoms with Crippen LogP contribution in [0.1, 0.15) is 22.1 Å². The first-order valence-corrected chi connectivity index (χ1v) is 7.17. The molecule has 3 rings (SSSR count). The van der Waals surface area contributed by atoms with Gasteiger partial charge in [-0.3, -0.25) is 4.79 Å². The summed E-state index contributed by atoms with van der Waals surface area (Å²) in [6, 6.07) is 8.43. The lowest BCUT2D eigenvalue weighted by Crippen LogP contribution is -2.48. The van der Waals surface area contributed by atoms with Gasteiger partial charge >= 0.3 is 5.82 Å². The van der Waals surface area contributed by atoms with Crippen LogP contribution in [0.15, 0.2) is 36.4 Å². The molecule has 0 bridgehead atoms. The lowest BCUT2D eigenvalue weighted by molar-refractivity contribution is -0.389. The molecule has 1 aliphatic rings. The number of nitro groups is 1. The Bertz CT molecular complexity index is 746. The van der Waals surface area contributed by atoms with Gasteiger partial charge in [0.05, 0.1) is 6.04 Å². The summed E-state index contributed by atoms with van der Waals surface area (Å²) in [6.07, 6.45) is 0. The Morgan fingerprint density at radius 1 is 1.35 bits per heavy atom. The Kier molecular flexibility index (Phi) is 4.07. The third kappa shape index (κ3) is 3.07. The maximum absolute atomic E-state index is 13.5. The van der Waals surface area contributed by atoms with Gasteiger partial charge in [0.2, 0.25) is 0 Å². The molecular formula is C15H15FN4O3. The molecule has 1 aromatic carbocycles. The molecule has 0 radical (unpaired) electrons. The molecule has 23 heavy (non-hydrogen) atoms. The van der Waals surface area contributed by atoms with Crippen LogP contribution in [0.2, 0.25) is 0 Å². The molecule has 1 aromatic heterocycles. The topological polar surface area (TPSA) is 91.3 Å².